The molecule has 0 amide bonds. The SMILES string of the molecule is CCCC1=Nc2[nH]ncc2C(c2c(Cl)cccc2Cl)C1C(=O)OCC. The molecule has 3 rings (SSSR count). The zero-order valence-corrected chi connectivity index (χ0v) is 15.6. The molecule has 5 nitrogen and oxygen atoms in total. The Hall–Kier alpha value is -1.85. The molecule has 1 aromatic heterocycles. The number of esters is 1. The predicted octanol–water partition coefficient (Wildman–Crippen LogP) is 4.91. The van der Waals surface area contributed by atoms with E-state index in [9.17, 15) is 4.79 Å². The van der Waals surface area contributed by atoms with E-state index in [1.165, 1.54) is 0 Å². The number of nitrogens with zero attached hydrogens (tertiary/aromatic N) is 2. The fourth-order valence-electron chi connectivity index (χ4n) is 3.29. The third-order valence-corrected chi connectivity index (χ3v) is 4.95. The van der Waals surface area contributed by atoms with E-state index in [1.54, 1.807) is 31.3 Å². The Balaban J connectivity index is 2.21. The molecule has 0 aliphatic carbocycles. The van der Waals surface area contributed by atoms with Crippen molar-refractivity contribution in [3.8, 4) is 0 Å². The van der Waals surface area contributed by atoms with Gasteiger partial charge in [-0.2, -0.15) is 5.10 Å². The maximum absolute atomic E-state index is 12.8. The van der Waals surface area contributed by atoms with E-state index >= 15 is 0 Å². The van der Waals surface area contributed by atoms with Gasteiger partial charge in [0.25, 0.3) is 0 Å². The highest BCUT2D eigenvalue weighted by Gasteiger charge is 2.42. The van der Waals surface area contributed by atoms with Crippen LogP contribution in [0.5, 0.6) is 0 Å². The number of carbonyl (C=O) groups excluding carboxylic acids is 1. The van der Waals surface area contributed by atoms with Crippen molar-refractivity contribution in [1.82, 2.24) is 10.2 Å². The van der Waals surface area contributed by atoms with Crippen LogP contribution in [0, 0.1) is 5.92 Å². The van der Waals surface area contributed by atoms with Crippen LogP contribution in [0.2, 0.25) is 10.0 Å². The standard InChI is InChI=1S/C18H19Cl2N3O2/c1-3-6-13-16(18(24)25-4-2)14(10-9-21-23-17(10)22-13)15-11(19)7-5-8-12(15)20/h5,7-9,14,16H,3-4,6H2,1-2H3,(H,21,23). The highest BCUT2D eigenvalue weighted by Crippen LogP contribution is 2.46. The average Bonchev–Trinajstić information content (AvgIpc) is 3.03. The number of rotatable bonds is 5. The van der Waals surface area contributed by atoms with Crippen molar-refractivity contribution in [2.45, 2.75) is 32.6 Å². The second-order valence-electron chi connectivity index (χ2n) is 5.87. The summed E-state index contributed by atoms with van der Waals surface area (Å²) in [6.45, 7) is 4.14. The minimum atomic E-state index is -0.567. The third-order valence-electron chi connectivity index (χ3n) is 4.29. The van der Waals surface area contributed by atoms with Crippen molar-refractivity contribution in [1.29, 1.82) is 0 Å². The number of halogens is 2. The predicted molar refractivity (Wildman–Crippen MR) is 99.0 cm³/mol. The molecular formula is C18H19Cl2N3O2. The number of aromatic nitrogens is 2. The lowest BCUT2D eigenvalue weighted by molar-refractivity contribution is -0.146. The van der Waals surface area contributed by atoms with Crippen molar-refractivity contribution in [3.63, 3.8) is 0 Å². The molecule has 1 aromatic carbocycles. The van der Waals surface area contributed by atoms with Gasteiger partial charge in [-0.15, -0.1) is 0 Å². The number of aromatic amines is 1. The first kappa shape index (κ1) is 18.0. The fraction of sp³-hybridized carbons (Fsp3) is 0.389. The summed E-state index contributed by atoms with van der Waals surface area (Å²) in [6.07, 6.45) is 3.22. The van der Waals surface area contributed by atoms with Crippen molar-refractivity contribution in [3.05, 3.63) is 45.6 Å². The average molecular weight is 380 g/mol. The molecule has 0 saturated heterocycles. The maximum atomic E-state index is 12.8. The first-order chi connectivity index (χ1) is 12.1. The van der Waals surface area contributed by atoms with Crippen LogP contribution in [0.4, 0.5) is 5.82 Å². The smallest absolute Gasteiger partial charge is 0.315 e. The van der Waals surface area contributed by atoms with Gasteiger partial charge >= 0.3 is 5.97 Å². The van der Waals surface area contributed by atoms with Gasteiger partial charge in [0.15, 0.2) is 5.82 Å². The lowest BCUT2D eigenvalue weighted by Crippen LogP contribution is -2.34. The van der Waals surface area contributed by atoms with Gasteiger partial charge in [0, 0.05) is 27.2 Å². The second kappa shape index (κ2) is 7.58. The van der Waals surface area contributed by atoms with Crippen molar-refractivity contribution in [2.24, 2.45) is 10.9 Å². The number of carbonyl (C=O) groups is 1. The second-order valence-corrected chi connectivity index (χ2v) is 6.68. The van der Waals surface area contributed by atoms with E-state index in [2.05, 4.69) is 15.2 Å². The molecule has 2 unspecified atom stereocenters. The first-order valence-corrected chi connectivity index (χ1v) is 9.05. The Morgan fingerprint density at radius 3 is 2.64 bits per heavy atom. The van der Waals surface area contributed by atoms with Crippen LogP contribution in [0.15, 0.2) is 29.4 Å². The van der Waals surface area contributed by atoms with E-state index in [-0.39, 0.29) is 11.9 Å². The molecular weight excluding hydrogens is 361 g/mol. The van der Waals surface area contributed by atoms with E-state index in [0.29, 0.717) is 34.5 Å². The Morgan fingerprint density at radius 1 is 1.28 bits per heavy atom. The fourth-order valence-corrected chi connectivity index (χ4v) is 3.93. The molecule has 0 fully saturated rings. The summed E-state index contributed by atoms with van der Waals surface area (Å²) in [6, 6.07) is 5.33. The molecule has 0 bridgehead atoms. The molecule has 1 N–H and O–H groups in total. The summed E-state index contributed by atoms with van der Waals surface area (Å²) in [4.78, 5) is 17.4. The van der Waals surface area contributed by atoms with Crippen molar-refractivity contribution < 1.29 is 9.53 Å². The zero-order chi connectivity index (χ0) is 18.0. The Labute approximate surface area is 156 Å². The van der Waals surface area contributed by atoms with Gasteiger partial charge < -0.3 is 4.74 Å². The molecule has 1 aliphatic rings. The van der Waals surface area contributed by atoms with Gasteiger partial charge in [0.05, 0.1) is 12.8 Å². The number of ether oxygens (including phenoxy) is 1. The lowest BCUT2D eigenvalue weighted by atomic mass is 9.76. The summed E-state index contributed by atoms with van der Waals surface area (Å²) in [7, 11) is 0. The van der Waals surface area contributed by atoms with E-state index in [4.69, 9.17) is 27.9 Å². The quantitative estimate of drug-likeness (QED) is 0.749. The van der Waals surface area contributed by atoms with Crippen molar-refractivity contribution in [2.75, 3.05) is 6.61 Å². The zero-order valence-electron chi connectivity index (χ0n) is 14.1. The van der Waals surface area contributed by atoms with Crippen LogP contribution >= 0.6 is 23.2 Å². The van der Waals surface area contributed by atoms with E-state index in [0.717, 1.165) is 17.7 Å². The van der Waals surface area contributed by atoms with Crippen LogP contribution < -0.4 is 0 Å². The van der Waals surface area contributed by atoms with Crippen LogP contribution in [0.25, 0.3) is 0 Å². The number of fused-ring (bicyclic) bond motifs is 1. The first-order valence-electron chi connectivity index (χ1n) is 8.29. The molecule has 7 heteroatoms. The van der Waals surface area contributed by atoms with Gasteiger partial charge in [-0.05, 0) is 31.0 Å². The van der Waals surface area contributed by atoms with Crippen LogP contribution in [0.3, 0.4) is 0 Å². The number of H-pyrrole nitrogens is 1. The Kier molecular flexibility index (Phi) is 5.45. The minimum Gasteiger partial charge on any atom is -0.465 e. The summed E-state index contributed by atoms with van der Waals surface area (Å²) >= 11 is 12.9. The molecule has 0 saturated carbocycles. The van der Waals surface area contributed by atoms with Gasteiger partial charge in [-0.3, -0.25) is 9.89 Å². The monoisotopic (exact) mass is 379 g/mol. The number of hydrogen-bond acceptors (Lipinski definition) is 4. The summed E-state index contributed by atoms with van der Waals surface area (Å²) in [5, 5.41) is 8.02. The molecule has 1 aliphatic heterocycles. The number of aliphatic imine (C=N–C) groups is 1. The molecule has 0 spiro atoms. The molecule has 25 heavy (non-hydrogen) atoms. The van der Waals surface area contributed by atoms with Crippen molar-refractivity contribution >= 4 is 40.7 Å². The van der Waals surface area contributed by atoms with Gasteiger partial charge in [-0.1, -0.05) is 42.6 Å². The summed E-state index contributed by atoms with van der Waals surface area (Å²) < 4.78 is 5.34. The number of benzene rings is 1. The topological polar surface area (TPSA) is 67.3 Å². The van der Waals surface area contributed by atoms with E-state index in [1.807, 2.05) is 6.92 Å². The highest BCUT2D eigenvalue weighted by atomic mass is 35.5. The molecule has 0 radical (unpaired) electrons. The number of nitrogens with one attached hydrogen (secondary N) is 1. The number of hydrogen-bond donors (Lipinski definition) is 1. The molecule has 132 valence electrons. The van der Waals surface area contributed by atoms with E-state index < -0.39 is 5.92 Å². The van der Waals surface area contributed by atoms with Crippen LogP contribution in [-0.4, -0.2) is 28.5 Å². The Morgan fingerprint density at radius 2 is 2.00 bits per heavy atom. The largest absolute Gasteiger partial charge is 0.465 e. The van der Waals surface area contributed by atoms with Gasteiger partial charge in [0.2, 0.25) is 0 Å². The molecule has 2 atom stereocenters. The lowest BCUT2D eigenvalue weighted by Gasteiger charge is -2.31. The van der Waals surface area contributed by atoms with Gasteiger partial charge in [-0.25, -0.2) is 4.99 Å². The molecule has 2 aromatic rings. The minimum absolute atomic E-state index is 0.302. The Bertz CT molecular complexity index is 796. The molecule has 2 heterocycles. The van der Waals surface area contributed by atoms with Crippen LogP contribution in [-0.2, 0) is 9.53 Å². The van der Waals surface area contributed by atoms with Crippen LogP contribution in [0.1, 0.15) is 43.7 Å². The maximum Gasteiger partial charge on any atom is 0.315 e. The summed E-state index contributed by atoms with van der Waals surface area (Å²) in [5.41, 5.74) is 2.27. The van der Waals surface area contributed by atoms with Gasteiger partial charge in [0.1, 0.15) is 5.92 Å². The summed E-state index contributed by atoms with van der Waals surface area (Å²) in [5.74, 6) is -0.622. The third kappa shape index (κ3) is 3.31. The highest BCUT2D eigenvalue weighted by molar-refractivity contribution is 6.36. The normalized spacial score (nSPS) is 19.3.